The summed E-state index contributed by atoms with van der Waals surface area (Å²) in [6.45, 7) is 4.45. The molecule has 0 spiro atoms. The van der Waals surface area contributed by atoms with Gasteiger partial charge in [0.1, 0.15) is 0 Å². The Balaban J connectivity index is 1.40. The fourth-order valence-corrected chi connectivity index (χ4v) is 3.24. The van der Waals surface area contributed by atoms with Crippen LogP contribution in [0.3, 0.4) is 0 Å². The average Bonchev–Trinajstić information content (AvgIpc) is 2.93. The smallest absolute Gasteiger partial charge is 0.408 e. The number of hydrogen-bond acceptors (Lipinski definition) is 4. The number of oxazole rings is 1. The van der Waals surface area contributed by atoms with Crippen LogP contribution in [-0.2, 0) is 11.3 Å². The van der Waals surface area contributed by atoms with Crippen molar-refractivity contribution in [2.24, 2.45) is 0 Å². The van der Waals surface area contributed by atoms with Gasteiger partial charge in [0.25, 0.3) is 0 Å². The maximum atomic E-state index is 12.0. The van der Waals surface area contributed by atoms with Crippen LogP contribution in [-0.4, -0.2) is 41.6 Å². The summed E-state index contributed by atoms with van der Waals surface area (Å²) in [5.74, 6) is -0.431. The lowest BCUT2D eigenvalue weighted by Crippen LogP contribution is -2.33. The van der Waals surface area contributed by atoms with Gasteiger partial charge in [-0.05, 0) is 51.0 Å². The highest BCUT2D eigenvalue weighted by molar-refractivity contribution is 5.76. The van der Waals surface area contributed by atoms with Crippen molar-refractivity contribution < 1.29 is 9.21 Å². The van der Waals surface area contributed by atoms with E-state index in [0.29, 0.717) is 18.7 Å². The summed E-state index contributed by atoms with van der Waals surface area (Å²) in [6.07, 6.45) is 5.18. The molecule has 0 saturated carbocycles. The molecule has 0 atom stereocenters. The average molecular weight is 331 g/mol. The van der Waals surface area contributed by atoms with Crippen molar-refractivity contribution in [2.45, 2.75) is 38.6 Å². The molecule has 0 bridgehead atoms. The van der Waals surface area contributed by atoms with Crippen molar-refractivity contribution in [1.82, 2.24) is 14.8 Å². The summed E-state index contributed by atoms with van der Waals surface area (Å²) in [7, 11) is 0. The van der Waals surface area contributed by atoms with Gasteiger partial charge in [-0.25, -0.2) is 4.79 Å². The first-order valence-corrected chi connectivity index (χ1v) is 8.81. The van der Waals surface area contributed by atoms with Crippen molar-refractivity contribution >= 4 is 17.0 Å². The minimum atomic E-state index is -0.408. The first kappa shape index (κ1) is 16.8. The Labute approximate surface area is 141 Å². The lowest BCUT2D eigenvalue weighted by Gasteiger charge is -2.26. The van der Waals surface area contributed by atoms with E-state index in [4.69, 9.17) is 4.42 Å². The van der Waals surface area contributed by atoms with Crippen molar-refractivity contribution in [1.29, 1.82) is 0 Å². The number of piperidine rings is 1. The molecular formula is C18H25N3O3. The zero-order valence-corrected chi connectivity index (χ0v) is 14.0. The maximum absolute atomic E-state index is 12.0. The summed E-state index contributed by atoms with van der Waals surface area (Å²) >= 11 is 0. The van der Waals surface area contributed by atoms with E-state index in [1.54, 1.807) is 6.07 Å². The molecule has 1 saturated heterocycles. The standard InChI is InChI=1S/C18H25N3O3/c22-17(19-10-6-13-20-11-4-1-5-12-20)9-14-21-15-7-2-3-8-16(15)24-18(21)23/h2-3,7-8H,1,4-6,9-14H2,(H,19,22). The Morgan fingerprint density at radius 1 is 1.12 bits per heavy atom. The Hall–Kier alpha value is -2.08. The van der Waals surface area contributed by atoms with E-state index >= 15 is 0 Å². The lowest BCUT2D eigenvalue weighted by molar-refractivity contribution is -0.121. The largest absolute Gasteiger partial charge is 0.419 e. The number of nitrogens with zero attached hydrogens (tertiary/aromatic N) is 2. The summed E-state index contributed by atoms with van der Waals surface area (Å²) in [5.41, 5.74) is 1.30. The molecule has 6 nitrogen and oxygen atoms in total. The normalized spacial score (nSPS) is 15.7. The van der Waals surface area contributed by atoms with E-state index in [2.05, 4.69) is 10.2 Å². The number of hydrogen-bond donors (Lipinski definition) is 1. The fourth-order valence-electron chi connectivity index (χ4n) is 3.24. The molecule has 0 radical (unpaired) electrons. The molecule has 1 aromatic carbocycles. The van der Waals surface area contributed by atoms with E-state index in [-0.39, 0.29) is 12.3 Å². The van der Waals surface area contributed by atoms with Crippen LogP contribution in [0.25, 0.3) is 11.1 Å². The van der Waals surface area contributed by atoms with Crippen LogP contribution in [0.15, 0.2) is 33.5 Å². The highest BCUT2D eigenvalue weighted by atomic mass is 16.4. The van der Waals surface area contributed by atoms with Gasteiger partial charge in [-0.15, -0.1) is 0 Å². The molecule has 1 aromatic heterocycles. The molecule has 3 rings (SSSR count). The molecule has 1 aliphatic heterocycles. The van der Waals surface area contributed by atoms with Crippen LogP contribution < -0.4 is 11.1 Å². The van der Waals surface area contributed by atoms with Crippen molar-refractivity contribution in [2.75, 3.05) is 26.2 Å². The van der Waals surface area contributed by atoms with Crippen molar-refractivity contribution in [3.8, 4) is 0 Å². The third-order valence-corrected chi connectivity index (χ3v) is 4.56. The number of benzene rings is 1. The van der Waals surface area contributed by atoms with Gasteiger partial charge in [-0.1, -0.05) is 18.6 Å². The number of nitrogens with one attached hydrogen (secondary N) is 1. The zero-order valence-electron chi connectivity index (χ0n) is 14.0. The molecule has 2 aromatic rings. The molecule has 1 amide bonds. The van der Waals surface area contributed by atoms with Gasteiger partial charge in [0, 0.05) is 19.5 Å². The maximum Gasteiger partial charge on any atom is 0.419 e. The lowest BCUT2D eigenvalue weighted by atomic mass is 10.1. The number of carbonyl (C=O) groups is 1. The second kappa shape index (κ2) is 8.15. The fraction of sp³-hybridized carbons (Fsp3) is 0.556. The second-order valence-corrected chi connectivity index (χ2v) is 6.34. The van der Waals surface area contributed by atoms with Gasteiger partial charge >= 0.3 is 5.76 Å². The number of aromatic nitrogens is 1. The predicted molar refractivity (Wildman–Crippen MR) is 93.0 cm³/mol. The highest BCUT2D eigenvalue weighted by Gasteiger charge is 2.11. The Morgan fingerprint density at radius 3 is 2.75 bits per heavy atom. The number of fused-ring (bicyclic) bond motifs is 1. The number of carbonyl (C=O) groups excluding carboxylic acids is 1. The topological polar surface area (TPSA) is 67.5 Å². The van der Waals surface area contributed by atoms with E-state index < -0.39 is 5.76 Å². The van der Waals surface area contributed by atoms with Crippen LogP contribution in [0.5, 0.6) is 0 Å². The second-order valence-electron chi connectivity index (χ2n) is 6.34. The summed E-state index contributed by atoms with van der Waals surface area (Å²) in [4.78, 5) is 26.3. The minimum Gasteiger partial charge on any atom is -0.408 e. The first-order valence-electron chi connectivity index (χ1n) is 8.81. The SMILES string of the molecule is O=C(CCn1c(=O)oc2ccccc21)NCCCN1CCCCC1. The number of rotatable bonds is 7. The number of likely N-dealkylation sites (tertiary alicyclic amines) is 1. The molecular weight excluding hydrogens is 306 g/mol. The highest BCUT2D eigenvalue weighted by Crippen LogP contribution is 2.12. The van der Waals surface area contributed by atoms with Gasteiger partial charge < -0.3 is 14.6 Å². The predicted octanol–water partition coefficient (Wildman–Crippen LogP) is 1.98. The third kappa shape index (κ3) is 4.26. The van der Waals surface area contributed by atoms with E-state index in [9.17, 15) is 9.59 Å². The molecule has 24 heavy (non-hydrogen) atoms. The molecule has 1 fully saturated rings. The number of aryl methyl sites for hydroxylation is 1. The first-order chi connectivity index (χ1) is 11.7. The van der Waals surface area contributed by atoms with Gasteiger partial charge in [-0.3, -0.25) is 9.36 Å². The molecule has 1 aliphatic rings. The van der Waals surface area contributed by atoms with E-state index in [0.717, 1.165) is 18.5 Å². The van der Waals surface area contributed by atoms with Crippen LogP contribution >= 0.6 is 0 Å². The Bertz CT molecular complexity index is 728. The molecule has 1 N–H and O–H groups in total. The van der Waals surface area contributed by atoms with Crippen molar-refractivity contribution in [3.05, 3.63) is 34.8 Å². The quantitative estimate of drug-likeness (QED) is 0.788. The van der Waals surface area contributed by atoms with Crippen molar-refractivity contribution in [3.63, 3.8) is 0 Å². The third-order valence-electron chi connectivity index (χ3n) is 4.56. The van der Waals surface area contributed by atoms with Gasteiger partial charge in [0.05, 0.1) is 5.52 Å². The van der Waals surface area contributed by atoms with Crippen LogP contribution in [0.2, 0.25) is 0 Å². The number of amides is 1. The number of para-hydroxylation sites is 2. The van der Waals surface area contributed by atoms with Gasteiger partial charge in [-0.2, -0.15) is 0 Å². The van der Waals surface area contributed by atoms with Gasteiger partial charge in [0.2, 0.25) is 5.91 Å². The molecule has 2 heterocycles. The van der Waals surface area contributed by atoms with E-state index in [1.165, 1.54) is 36.9 Å². The van der Waals surface area contributed by atoms with Crippen LogP contribution in [0, 0.1) is 0 Å². The molecule has 0 aliphatic carbocycles. The molecule has 0 unspecified atom stereocenters. The summed E-state index contributed by atoms with van der Waals surface area (Å²) in [5, 5.41) is 2.94. The zero-order chi connectivity index (χ0) is 16.8. The van der Waals surface area contributed by atoms with Crippen LogP contribution in [0.4, 0.5) is 0 Å². The van der Waals surface area contributed by atoms with Crippen LogP contribution in [0.1, 0.15) is 32.1 Å². The Kier molecular flexibility index (Phi) is 5.69. The molecule has 6 heteroatoms. The monoisotopic (exact) mass is 331 g/mol. The summed E-state index contributed by atoms with van der Waals surface area (Å²) < 4.78 is 6.68. The summed E-state index contributed by atoms with van der Waals surface area (Å²) in [6, 6.07) is 7.27. The Morgan fingerprint density at radius 2 is 1.92 bits per heavy atom. The molecule has 130 valence electrons. The minimum absolute atomic E-state index is 0.0224. The van der Waals surface area contributed by atoms with Gasteiger partial charge in [0.15, 0.2) is 5.58 Å². The van der Waals surface area contributed by atoms with E-state index in [1.807, 2.05) is 18.2 Å².